The summed E-state index contributed by atoms with van der Waals surface area (Å²) in [6.45, 7) is 1.04. The Morgan fingerprint density at radius 3 is 2.71 bits per heavy atom. The van der Waals surface area contributed by atoms with Crippen molar-refractivity contribution in [1.82, 2.24) is 10.2 Å². The Labute approximate surface area is 202 Å². The van der Waals surface area contributed by atoms with Crippen molar-refractivity contribution in [2.45, 2.75) is 24.9 Å². The number of nitrogens with zero attached hydrogens (tertiary/aromatic N) is 1. The standard InChI is InChI=1S/C22H19ClN2O8S/c1-11(26)31-8-12-10-34-21-17(20(28)25(21)18(12)22(29)30)24-19(27)16-7-6-13(33-16)9-32-15-5-3-2-4-14(15)23/h2-7,17,21H,8-10H2,1H3,(H,24,27)(H,29,30)/t17-,21-/m0/s1. The highest BCUT2D eigenvalue weighted by molar-refractivity contribution is 8.00. The third kappa shape index (κ3) is 4.75. The molecular weight excluding hydrogens is 488 g/mol. The summed E-state index contributed by atoms with van der Waals surface area (Å²) in [4.78, 5) is 49.3. The van der Waals surface area contributed by atoms with E-state index in [1.54, 1.807) is 30.3 Å². The minimum absolute atomic E-state index is 0.0191. The van der Waals surface area contributed by atoms with Gasteiger partial charge in [0.2, 0.25) is 0 Å². The molecule has 2 amide bonds. The number of halogens is 1. The summed E-state index contributed by atoms with van der Waals surface area (Å²) in [5.74, 6) is -1.98. The summed E-state index contributed by atoms with van der Waals surface area (Å²) < 4.78 is 16.0. The number of thioether (sulfide) groups is 1. The maximum atomic E-state index is 12.7. The molecule has 1 aromatic carbocycles. The highest BCUT2D eigenvalue weighted by Crippen LogP contribution is 2.40. The van der Waals surface area contributed by atoms with Gasteiger partial charge in [0.1, 0.15) is 41.8 Å². The molecule has 178 valence electrons. The number of aliphatic carboxylic acids is 1. The molecule has 2 N–H and O–H groups in total. The van der Waals surface area contributed by atoms with Gasteiger partial charge in [-0.3, -0.25) is 19.3 Å². The molecule has 2 aromatic rings. The molecule has 0 bridgehead atoms. The quantitative estimate of drug-likeness (QED) is 0.408. The zero-order valence-corrected chi connectivity index (χ0v) is 19.4. The van der Waals surface area contributed by atoms with Crippen molar-refractivity contribution < 1.29 is 38.2 Å². The van der Waals surface area contributed by atoms with Crippen molar-refractivity contribution in [3.05, 3.63) is 64.2 Å². The fourth-order valence-corrected chi connectivity index (χ4v) is 5.00. The van der Waals surface area contributed by atoms with E-state index in [4.69, 9.17) is 25.5 Å². The topological polar surface area (TPSA) is 135 Å². The van der Waals surface area contributed by atoms with E-state index >= 15 is 0 Å². The second-order valence-electron chi connectivity index (χ2n) is 7.38. The van der Waals surface area contributed by atoms with Gasteiger partial charge in [-0.15, -0.1) is 11.8 Å². The second kappa shape index (κ2) is 9.82. The lowest BCUT2D eigenvalue weighted by Gasteiger charge is -2.49. The van der Waals surface area contributed by atoms with Crippen molar-refractivity contribution in [2.75, 3.05) is 12.4 Å². The number of carboxylic acid groups (broad SMARTS) is 1. The minimum Gasteiger partial charge on any atom is -0.484 e. The number of carboxylic acids is 1. The van der Waals surface area contributed by atoms with E-state index in [1.807, 2.05) is 0 Å². The smallest absolute Gasteiger partial charge is 0.352 e. The van der Waals surface area contributed by atoms with Gasteiger partial charge in [-0.1, -0.05) is 23.7 Å². The van der Waals surface area contributed by atoms with Crippen LogP contribution in [0.1, 0.15) is 23.2 Å². The van der Waals surface area contributed by atoms with Crippen LogP contribution in [0.25, 0.3) is 0 Å². The number of esters is 1. The number of para-hydroxylation sites is 1. The highest BCUT2D eigenvalue weighted by Gasteiger charge is 2.54. The molecule has 12 heteroatoms. The number of carbonyl (C=O) groups is 4. The molecule has 3 heterocycles. The average molecular weight is 507 g/mol. The van der Waals surface area contributed by atoms with Crippen molar-refractivity contribution in [3.63, 3.8) is 0 Å². The van der Waals surface area contributed by atoms with E-state index in [9.17, 15) is 24.3 Å². The van der Waals surface area contributed by atoms with Gasteiger partial charge in [0.15, 0.2) is 5.76 Å². The predicted octanol–water partition coefficient (Wildman–Crippen LogP) is 2.43. The number of furan rings is 1. The Bertz CT molecular complexity index is 1190. The van der Waals surface area contributed by atoms with Crippen molar-refractivity contribution >= 4 is 47.1 Å². The summed E-state index contributed by atoms with van der Waals surface area (Å²) in [5.41, 5.74) is 0.0915. The largest absolute Gasteiger partial charge is 0.484 e. The van der Waals surface area contributed by atoms with Crippen molar-refractivity contribution in [1.29, 1.82) is 0 Å². The number of rotatable bonds is 8. The van der Waals surface area contributed by atoms with Gasteiger partial charge < -0.3 is 24.3 Å². The van der Waals surface area contributed by atoms with Crippen LogP contribution < -0.4 is 10.1 Å². The number of hydrogen-bond donors (Lipinski definition) is 2. The van der Waals surface area contributed by atoms with E-state index in [0.29, 0.717) is 22.1 Å². The van der Waals surface area contributed by atoms with Gasteiger partial charge in [-0.2, -0.15) is 0 Å². The molecule has 1 saturated heterocycles. The Morgan fingerprint density at radius 1 is 1.24 bits per heavy atom. The minimum atomic E-state index is -1.31. The van der Waals surface area contributed by atoms with Crippen molar-refractivity contribution in [2.24, 2.45) is 0 Å². The zero-order chi connectivity index (χ0) is 24.4. The summed E-state index contributed by atoms with van der Waals surface area (Å²) in [6, 6.07) is 9.03. The van der Waals surface area contributed by atoms with Gasteiger partial charge in [-0.25, -0.2) is 4.79 Å². The zero-order valence-electron chi connectivity index (χ0n) is 17.8. The van der Waals surface area contributed by atoms with Gasteiger partial charge in [-0.05, 0) is 24.3 Å². The monoisotopic (exact) mass is 506 g/mol. The summed E-state index contributed by atoms with van der Waals surface area (Å²) in [7, 11) is 0. The van der Waals surface area contributed by atoms with Crippen LogP contribution in [0.2, 0.25) is 5.02 Å². The second-order valence-corrected chi connectivity index (χ2v) is 8.90. The number of β-lactam (4-membered cyclic amide) rings is 1. The molecule has 2 aliphatic rings. The summed E-state index contributed by atoms with van der Waals surface area (Å²) >= 11 is 7.32. The summed E-state index contributed by atoms with van der Waals surface area (Å²) in [5, 5.41) is 12.0. The van der Waals surface area contributed by atoms with Crippen LogP contribution in [0.4, 0.5) is 0 Å². The molecule has 2 aliphatic heterocycles. The number of fused-ring (bicyclic) bond motifs is 1. The number of carbonyl (C=O) groups excluding carboxylic acids is 3. The normalized spacial score (nSPS) is 19.2. The Morgan fingerprint density at radius 2 is 2.00 bits per heavy atom. The van der Waals surface area contributed by atoms with E-state index in [-0.39, 0.29) is 30.4 Å². The number of benzene rings is 1. The Kier molecular flexibility index (Phi) is 6.85. The van der Waals surface area contributed by atoms with E-state index in [0.717, 1.165) is 4.90 Å². The van der Waals surface area contributed by atoms with Gasteiger partial charge in [0.25, 0.3) is 11.8 Å². The number of amides is 2. The van der Waals surface area contributed by atoms with E-state index < -0.39 is 35.2 Å². The van der Waals surface area contributed by atoms with Crippen LogP contribution in [0, 0.1) is 0 Å². The molecule has 1 fully saturated rings. The predicted molar refractivity (Wildman–Crippen MR) is 120 cm³/mol. The Hall–Kier alpha value is -3.44. The van der Waals surface area contributed by atoms with Crippen molar-refractivity contribution in [3.8, 4) is 5.75 Å². The van der Waals surface area contributed by atoms with Crippen LogP contribution in [-0.4, -0.2) is 57.5 Å². The molecule has 10 nitrogen and oxygen atoms in total. The average Bonchev–Trinajstić information content (AvgIpc) is 3.28. The van der Waals surface area contributed by atoms with Gasteiger partial charge in [0, 0.05) is 18.2 Å². The molecule has 0 unspecified atom stereocenters. The lowest BCUT2D eigenvalue weighted by molar-refractivity contribution is -0.149. The number of hydrogen-bond acceptors (Lipinski definition) is 8. The third-order valence-corrected chi connectivity index (χ3v) is 6.73. The van der Waals surface area contributed by atoms with Crippen LogP contribution in [0.15, 0.2) is 52.1 Å². The molecular formula is C22H19ClN2O8S. The fourth-order valence-electron chi connectivity index (χ4n) is 3.48. The van der Waals surface area contributed by atoms with Gasteiger partial charge >= 0.3 is 11.9 Å². The molecule has 34 heavy (non-hydrogen) atoms. The maximum absolute atomic E-state index is 12.7. The first kappa shape index (κ1) is 23.7. The van der Waals surface area contributed by atoms with E-state index in [1.165, 1.54) is 24.8 Å². The van der Waals surface area contributed by atoms with Crippen LogP contribution in [0.3, 0.4) is 0 Å². The lowest BCUT2D eigenvalue weighted by atomic mass is 10.0. The number of ether oxygens (including phenoxy) is 2. The number of nitrogens with one attached hydrogen (secondary N) is 1. The SMILES string of the molecule is CC(=O)OCC1=C(C(=O)O)N2C(=O)[C@H](NC(=O)c3ccc(COc4ccccc4Cl)o3)[C@@H]2SC1. The fraction of sp³-hybridized carbons (Fsp3) is 0.273. The molecule has 0 aliphatic carbocycles. The summed E-state index contributed by atoms with van der Waals surface area (Å²) in [6.07, 6.45) is 0. The van der Waals surface area contributed by atoms with Crippen LogP contribution in [-0.2, 0) is 25.7 Å². The molecule has 4 rings (SSSR count). The Balaban J connectivity index is 1.39. The molecule has 1 aromatic heterocycles. The molecule has 0 saturated carbocycles. The maximum Gasteiger partial charge on any atom is 0.352 e. The molecule has 0 radical (unpaired) electrons. The first-order valence-electron chi connectivity index (χ1n) is 10.1. The van der Waals surface area contributed by atoms with Gasteiger partial charge in [0.05, 0.1) is 5.02 Å². The lowest BCUT2D eigenvalue weighted by Crippen LogP contribution is -2.70. The molecule has 0 spiro atoms. The highest BCUT2D eigenvalue weighted by atomic mass is 35.5. The van der Waals surface area contributed by atoms with Crippen LogP contribution in [0.5, 0.6) is 5.75 Å². The molecule has 2 atom stereocenters. The first-order chi connectivity index (χ1) is 16.3. The van der Waals surface area contributed by atoms with E-state index in [2.05, 4.69) is 5.32 Å². The first-order valence-corrected chi connectivity index (χ1v) is 11.5. The van der Waals surface area contributed by atoms with Crippen LogP contribution >= 0.6 is 23.4 Å². The third-order valence-electron chi connectivity index (χ3n) is 5.08.